The van der Waals surface area contributed by atoms with Crippen LogP contribution in [0.25, 0.3) is 11.3 Å². The average molecular weight is 541 g/mol. The summed E-state index contributed by atoms with van der Waals surface area (Å²) in [6, 6.07) is 38.3. The Balaban J connectivity index is 1.54. The van der Waals surface area contributed by atoms with Crippen LogP contribution in [0.3, 0.4) is 0 Å². The van der Waals surface area contributed by atoms with Crippen LogP contribution in [-0.4, -0.2) is 4.98 Å². The summed E-state index contributed by atoms with van der Waals surface area (Å²) in [6.07, 6.45) is 1.89. The summed E-state index contributed by atoms with van der Waals surface area (Å²) >= 11 is 0. The maximum atomic E-state index is 6.18. The number of aromatic nitrogens is 1. The minimum absolute atomic E-state index is 0.0904. The van der Waals surface area contributed by atoms with Gasteiger partial charge in [-0.2, -0.15) is 0 Å². The van der Waals surface area contributed by atoms with Crippen molar-refractivity contribution in [3.63, 3.8) is 0 Å². The Morgan fingerprint density at radius 2 is 1.10 bits per heavy atom. The molecule has 0 fully saturated rings. The van der Waals surface area contributed by atoms with E-state index in [9.17, 15) is 0 Å². The van der Waals surface area contributed by atoms with Gasteiger partial charge in [0.25, 0.3) is 0 Å². The van der Waals surface area contributed by atoms with Gasteiger partial charge in [0.2, 0.25) is 0 Å². The Bertz CT molecular complexity index is 1560. The molecule has 0 amide bonds. The maximum Gasteiger partial charge on any atom is 0.128 e. The van der Waals surface area contributed by atoms with E-state index in [1.54, 1.807) is 0 Å². The molecule has 1 aromatic heterocycles. The van der Waals surface area contributed by atoms with Gasteiger partial charge in [0.1, 0.15) is 11.5 Å². The zero-order valence-corrected chi connectivity index (χ0v) is 25.3. The lowest BCUT2D eigenvalue weighted by molar-refractivity contribution is 0.482. The van der Waals surface area contributed by atoms with E-state index >= 15 is 0 Å². The highest BCUT2D eigenvalue weighted by molar-refractivity contribution is 5.79. The number of hydrogen-bond donors (Lipinski definition) is 0. The van der Waals surface area contributed by atoms with Crippen LogP contribution in [0.2, 0.25) is 0 Å². The first-order valence-electron chi connectivity index (χ1n) is 14.3. The number of hydrogen-bond acceptors (Lipinski definition) is 3. The van der Waals surface area contributed by atoms with Gasteiger partial charge in [-0.1, -0.05) is 90.1 Å². The van der Waals surface area contributed by atoms with Gasteiger partial charge in [0, 0.05) is 28.8 Å². The lowest BCUT2D eigenvalue weighted by Gasteiger charge is -2.28. The summed E-state index contributed by atoms with van der Waals surface area (Å²) in [4.78, 5) is 7.05. The standard InChI is InChI=1S/C38H40N2O/c1-27-10-8-12-34(24-27)41-35-13-9-11-28(25-35)36-26-33(22-23-39-36)40(31-18-14-29(15-19-31)37(2,3)4)32-20-16-30(17-21-32)38(5,6)7/h8-26H,1-7H3. The first-order chi connectivity index (χ1) is 19.5. The molecule has 0 spiro atoms. The molecule has 0 aliphatic carbocycles. The van der Waals surface area contributed by atoms with E-state index in [4.69, 9.17) is 9.72 Å². The SMILES string of the molecule is Cc1cccc(Oc2cccc(-c3cc(N(c4ccc(C(C)(C)C)cc4)c4ccc(C(C)(C)C)cc4)ccn3)c2)c1. The summed E-state index contributed by atoms with van der Waals surface area (Å²) in [6.45, 7) is 15.5. The van der Waals surface area contributed by atoms with Gasteiger partial charge in [0.15, 0.2) is 0 Å². The van der Waals surface area contributed by atoms with E-state index in [0.29, 0.717) is 0 Å². The minimum Gasteiger partial charge on any atom is -0.457 e. The highest BCUT2D eigenvalue weighted by atomic mass is 16.5. The largest absolute Gasteiger partial charge is 0.457 e. The topological polar surface area (TPSA) is 25.4 Å². The molecule has 0 saturated carbocycles. The third-order valence-corrected chi connectivity index (χ3v) is 7.34. The number of nitrogens with zero attached hydrogens (tertiary/aromatic N) is 2. The molecule has 3 nitrogen and oxygen atoms in total. The fourth-order valence-corrected chi connectivity index (χ4v) is 4.92. The van der Waals surface area contributed by atoms with Gasteiger partial charge in [-0.15, -0.1) is 0 Å². The molecule has 0 atom stereocenters. The molecule has 5 aromatic rings. The van der Waals surface area contributed by atoms with Gasteiger partial charge >= 0.3 is 0 Å². The predicted octanol–water partition coefficient (Wildman–Crippen LogP) is 10.9. The highest BCUT2D eigenvalue weighted by Crippen LogP contribution is 2.38. The average Bonchev–Trinajstić information content (AvgIpc) is 2.93. The maximum absolute atomic E-state index is 6.18. The molecule has 0 saturated heterocycles. The zero-order valence-electron chi connectivity index (χ0n) is 25.3. The monoisotopic (exact) mass is 540 g/mol. The number of benzene rings is 4. The minimum atomic E-state index is 0.0904. The molecule has 0 aliphatic rings. The first-order valence-corrected chi connectivity index (χ1v) is 14.3. The number of ether oxygens (including phenoxy) is 1. The number of aryl methyl sites for hydroxylation is 1. The van der Waals surface area contributed by atoms with E-state index in [1.165, 1.54) is 16.7 Å². The molecule has 208 valence electrons. The highest BCUT2D eigenvalue weighted by Gasteiger charge is 2.19. The van der Waals surface area contributed by atoms with E-state index < -0.39 is 0 Å². The van der Waals surface area contributed by atoms with Crippen molar-refractivity contribution in [3.8, 4) is 22.8 Å². The van der Waals surface area contributed by atoms with Gasteiger partial charge in [-0.05, 0) is 95.1 Å². The second kappa shape index (κ2) is 11.2. The second-order valence-corrected chi connectivity index (χ2v) is 12.8. The fourth-order valence-electron chi connectivity index (χ4n) is 4.92. The summed E-state index contributed by atoms with van der Waals surface area (Å²) < 4.78 is 6.18. The van der Waals surface area contributed by atoms with Crippen molar-refractivity contribution in [2.45, 2.75) is 59.3 Å². The first kappa shape index (κ1) is 28.2. The van der Waals surface area contributed by atoms with Crippen LogP contribution in [0.15, 0.2) is 115 Å². The number of pyridine rings is 1. The van der Waals surface area contributed by atoms with E-state index in [1.807, 2.05) is 36.5 Å². The van der Waals surface area contributed by atoms with Crippen molar-refractivity contribution in [1.82, 2.24) is 4.98 Å². The molecule has 4 aromatic carbocycles. The molecule has 0 N–H and O–H groups in total. The van der Waals surface area contributed by atoms with Gasteiger partial charge in [-0.25, -0.2) is 0 Å². The van der Waals surface area contributed by atoms with Gasteiger partial charge < -0.3 is 9.64 Å². The Morgan fingerprint density at radius 3 is 1.63 bits per heavy atom. The Morgan fingerprint density at radius 1 is 0.561 bits per heavy atom. The Labute approximate surface area is 245 Å². The van der Waals surface area contributed by atoms with Crippen LogP contribution >= 0.6 is 0 Å². The molecule has 41 heavy (non-hydrogen) atoms. The summed E-state index contributed by atoms with van der Waals surface area (Å²) in [5, 5.41) is 0. The van der Waals surface area contributed by atoms with E-state index in [-0.39, 0.29) is 10.8 Å². The molecule has 3 heteroatoms. The van der Waals surface area contributed by atoms with Crippen LogP contribution in [0.5, 0.6) is 11.5 Å². The van der Waals surface area contributed by atoms with Crippen LogP contribution in [0, 0.1) is 6.92 Å². The summed E-state index contributed by atoms with van der Waals surface area (Å²) in [7, 11) is 0. The number of rotatable bonds is 6. The van der Waals surface area contributed by atoms with Gasteiger partial charge in [-0.3, -0.25) is 4.98 Å². The third kappa shape index (κ3) is 6.69. The molecular weight excluding hydrogens is 500 g/mol. The Hall–Kier alpha value is -4.37. The van der Waals surface area contributed by atoms with E-state index in [2.05, 4.69) is 132 Å². The zero-order chi connectivity index (χ0) is 29.2. The lowest BCUT2D eigenvalue weighted by atomic mass is 9.86. The van der Waals surface area contributed by atoms with Crippen molar-refractivity contribution >= 4 is 17.1 Å². The van der Waals surface area contributed by atoms with Crippen molar-refractivity contribution in [2.24, 2.45) is 0 Å². The predicted molar refractivity (Wildman–Crippen MR) is 173 cm³/mol. The summed E-state index contributed by atoms with van der Waals surface area (Å²) in [5.74, 6) is 1.61. The van der Waals surface area contributed by atoms with Gasteiger partial charge in [0.05, 0.1) is 5.69 Å². The quantitative estimate of drug-likeness (QED) is 0.214. The van der Waals surface area contributed by atoms with Crippen LogP contribution in [-0.2, 0) is 10.8 Å². The van der Waals surface area contributed by atoms with Crippen molar-refractivity contribution in [2.75, 3.05) is 4.90 Å². The number of anilines is 3. The smallest absolute Gasteiger partial charge is 0.128 e. The lowest BCUT2D eigenvalue weighted by Crippen LogP contribution is -2.14. The van der Waals surface area contributed by atoms with Crippen molar-refractivity contribution < 1.29 is 4.74 Å². The van der Waals surface area contributed by atoms with Crippen molar-refractivity contribution in [3.05, 3.63) is 132 Å². The summed E-state index contributed by atoms with van der Waals surface area (Å²) in [5.41, 5.74) is 9.12. The van der Waals surface area contributed by atoms with Crippen LogP contribution < -0.4 is 9.64 Å². The Kier molecular flexibility index (Phi) is 7.73. The molecular formula is C38H40N2O. The van der Waals surface area contributed by atoms with Crippen LogP contribution in [0.1, 0.15) is 58.2 Å². The molecule has 0 aliphatic heterocycles. The molecule has 0 bridgehead atoms. The molecule has 0 radical (unpaired) electrons. The second-order valence-electron chi connectivity index (χ2n) is 12.8. The van der Waals surface area contributed by atoms with Crippen LogP contribution in [0.4, 0.5) is 17.1 Å². The normalized spacial score (nSPS) is 11.8. The third-order valence-electron chi connectivity index (χ3n) is 7.34. The molecule has 0 unspecified atom stereocenters. The van der Waals surface area contributed by atoms with Crippen molar-refractivity contribution in [1.29, 1.82) is 0 Å². The van der Waals surface area contributed by atoms with E-state index in [0.717, 1.165) is 39.8 Å². The molecule has 5 rings (SSSR count). The fraction of sp³-hybridized carbons (Fsp3) is 0.237. The molecule has 1 heterocycles.